The van der Waals surface area contributed by atoms with Crippen molar-refractivity contribution in [3.63, 3.8) is 0 Å². The van der Waals surface area contributed by atoms with Crippen LogP contribution in [0.15, 0.2) is 12.1 Å². The van der Waals surface area contributed by atoms with Gasteiger partial charge in [-0.1, -0.05) is 0 Å². The maximum Gasteiger partial charge on any atom is 0.223 e. The van der Waals surface area contributed by atoms with Gasteiger partial charge in [-0.05, 0) is 44.7 Å². The van der Waals surface area contributed by atoms with Gasteiger partial charge in [-0.15, -0.1) is 11.3 Å². The summed E-state index contributed by atoms with van der Waals surface area (Å²) in [7, 11) is 0. The second-order valence-corrected chi connectivity index (χ2v) is 6.21. The zero-order chi connectivity index (χ0) is 12.3. The van der Waals surface area contributed by atoms with Gasteiger partial charge >= 0.3 is 0 Å². The Labute approximate surface area is 106 Å². The molecule has 17 heavy (non-hydrogen) atoms. The van der Waals surface area contributed by atoms with Gasteiger partial charge in [-0.25, -0.2) is 0 Å². The topological polar surface area (TPSA) is 55.1 Å². The Morgan fingerprint density at radius 3 is 2.71 bits per heavy atom. The summed E-state index contributed by atoms with van der Waals surface area (Å²) in [6.07, 6.45) is 3.85. The van der Waals surface area contributed by atoms with E-state index in [1.807, 2.05) is 0 Å². The molecule has 0 aliphatic heterocycles. The van der Waals surface area contributed by atoms with Crippen LogP contribution in [0.4, 0.5) is 0 Å². The van der Waals surface area contributed by atoms with Crippen LogP contribution in [0.2, 0.25) is 0 Å². The molecule has 1 amide bonds. The smallest absolute Gasteiger partial charge is 0.223 e. The third-order valence-corrected chi connectivity index (χ3v) is 4.38. The Bertz CT molecular complexity index is 381. The van der Waals surface area contributed by atoms with Gasteiger partial charge in [0.2, 0.25) is 5.91 Å². The zero-order valence-electron chi connectivity index (χ0n) is 10.2. The van der Waals surface area contributed by atoms with Crippen LogP contribution >= 0.6 is 11.3 Å². The van der Waals surface area contributed by atoms with Gasteiger partial charge in [-0.3, -0.25) is 4.79 Å². The number of thiophene rings is 1. The molecule has 94 valence electrons. The summed E-state index contributed by atoms with van der Waals surface area (Å²) in [5.41, 5.74) is 5.83. The lowest BCUT2D eigenvalue weighted by atomic mass is 9.86. The SMILES string of the molecule is Cc1ccc(CNC(=O)C2CCC(N)CC2)s1. The fourth-order valence-electron chi connectivity index (χ4n) is 2.28. The monoisotopic (exact) mass is 252 g/mol. The number of carbonyl (C=O) groups is 1. The van der Waals surface area contributed by atoms with Crippen LogP contribution in [-0.2, 0) is 11.3 Å². The number of nitrogens with two attached hydrogens (primary N) is 1. The molecular formula is C13H20N2OS. The summed E-state index contributed by atoms with van der Waals surface area (Å²) in [6.45, 7) is 2.75. The van der Waals surface area contributed by atoms with Crippen LogP contribution in [0.25, 0.3) is 0 Å². The highest BCUT2D eigenvalue weighted by molar-refractivity contribution is 7.11. The third kappa shape index (κ3) is 3.54. The van der Waals surface area contributed by atoms with E-state index in [2.05, 4.69) is 24.4 Å². The minimum atomic E-state index is 0.177. The van der Waals surface area contributed by atoms with E-state index < -0.39 is 0 Å². The lowest BCUT2D eigenvalue weighted by Crippen LogP contribution is -2.35. The van der Waals surface area contributed by atoms with Gasteiger partial charge in [0.1, 0.15) is 0 Å². The molecule has 1 aliphatic rings. The molecule has 0 aromatic carbocycles. The maximum absolute atomic E-state index is 11.9. The third-order valence-electron chi connectivity index (χ3n) is 3.38. The number of hydrogen-bond donors (Lipinski definition) is 2. The Kier molecular flexibility index (Phi) is 4.18. The van der Waals surface area contributed by atoms with Gasteiger partial charge in [0.15, 0.2) is 0 Å². The fraction of sp³-hybridized carbons (Fsp3) is 0.615. The van der Waals surface area contributed by atoms with E-state index in [9.17, 15) is 4.79 Å². The average molecular weight is 252 g/mol. The van der Waals surface area contributed by atoms with E-state index in [0.29, 0.717) is 12.6 Å². The van der Waals surface area contributed by atoms with Gasteiger partial charge in [0.05, 0.1) is 6.54 Å². The van der Waals surface area contributed by atoms with Gasteiger partial charge in [0, 0.05) is 21.7 Å². The normalized spacial score (nSPS) is 24.6. The van der Waals surface area contributed by atoms with E-state index in [0.717, 1.165) is 25.7 Å². The molecule has 1 heterocycles. The lowest BCUT2D eigenvalue weighted by Gasteiger charge is -2.25. The molecule has 4 heteroatoms. The highest BCUT2D eigenvalue weighted by Gasteiger charge is 2.24. The van der Waals surface area contributed by atoms with E-state index >= 15 is 0 Å². The Balaban J connectivity index is 1.77. The fourth-order valence-corrected chi connectivity index (χ4v) is 3.11. The number of amides is 1. The van der Waals surface area contributed by atoms with Crippen LogP contribution in [0.5, 0.6) is 0 Å². The molecule has 3 nitrogen and oxygen atoms in total. The summed E-state index contributed by atoms with van der Waals surface area (Å²) >= 11 is 1.74. The first-order valence-electron chi connectivity index (χ1n) is 6.24. The summed E-state index contributed by atoms with van der Waals surface area (Å²) in [5, 5.41) is 3.03. The predicted molar refractivity (Wildman–Crippen MR) is 70.8 cm³/mol. The Morgan fingerprint density at radius 2 is 2.12 bits per heavy atom. The molecule has 2 rings (SSSR count). The summed E-state index contributed by atoms with van der Waals surface area (Å²) in [6, 6.07) is 4.47. The van der Waals surface area contributed by atoms with Crippen molar-refractivity contribution in [1.29, 1.82) is 0 Å². The van der Waals surface area contributed by atoms with Crippen molar-refractivity contribution < 1.29 is 4.79 Å². The van der Waals surface area contributed by atoms with E-state index in [4.69, 9.17) is 5.73 Å². The summed E-state index contributed by atoms with van der Waals surface area (Å²) in [4.78, 5) is 14.5. The molecule has 0 spiro atoms. The molecule has 0 bridgehead atoms. The predicted octanol–water partition coefficient (Wildman–Crippen LogP) is 2.19. The second kappa shape index (κ2) is 5.65. The minimum absolute atomic E-state index is 0.177. The van der Waals surface area contributed by atoms with E-state index in [-0.39, 0.29) is 11.8 Å². The van der Waals surface area contributed by atoms with Crippen LogP contribution in [0.3, 0.4) is 0 Å². The minimum Gasteiger partial charge on any atom is -0.351 e. The molecule has 1 fully saturated rings. The van der Waals surface area contributed by atoms with Crippen molar-refractivity contribution >= 4 is 17.2 Å². The van der Waals surface area contributed by atoms with E-state index in [1.54, 1.807) is 11.3 Å². The first-order chi connectivity index (χ1) is 8.15. The first-order valence-corrected chi connectivity index (χ1v) is 7.05. The molecule has 0 radical (unpaired) electrons. The lowest BCUT2D eigenvalue weighted by molar-refractivity contribution is -0.126. The van der Waals surface area contributed by atoms with Crippen molar-refractivity contribution in [3.05, 3.63) is 21.9 Å². The van der Waals surface area contributed by atoms with Crippen LogP contribution in [0, 0.1) is 12.8 Å². The summed E-state index contributed by atoms with van der Waals surface area (Å²) < 4.78 is 0. The highest BCUT2D eigenvalue weighted by Crippen LogP contribution is 2.23. The van der Waals surface area contributed by atoms with Crippen LogP contribution in [0.1, 0.15) is 35.4 Å². The molecule has 0 unspecified atom stereocenters. The van der Waals surface area contributed by atoms with Gasteiger partial charge < -0.3 is 11.1 Å². The van der Waals surface area contributed by atoms with Gasteiger partial charge in [-0.2, -0.15) is 0 Å². The van der Waals surface area contributed by atoms with Crippen molar-refractivity contribution in [2.24, 2.45) is 11.7 Å². The number of carbonyl (C=O) groups excluding carboxylic acids is 1. The van der Waals surface area contributed by atoms with E-state index in [1.165, 1.54) is 9.75 Å². The quantitative estimate of drug-likeness (QED) is 0.866. The number of nitrogens with one attached hydrogen (secondary N) is 1. The van der Waals surface area contributed by atoms with Crippen molar-refractivity contribution in [2.75, 3.05) is 0 Å². The maximum atomic E-state index is 11.9. The first kappa shape index (κ1) is 12.6. The Morgan fingerprint density at radius 1 is 1.41 bits per heavy atom. The van der Waals surface area contributed by atoms with Crippen LogP contribution < -0.4 is 11.1 Å². The van der Waals surface area contributed by atoms with Crippen molar-refractivity contribution in [1.82, 2.24) is 5.32 Å². The molecular weight excluding hydrogens is 232 g/mol. The molecule has 1 saturated carbocycles. The Hall–Kier alpha value is -0.870. The number of rotatable bonds is 3. The van der Waals surface area contributed by atoms with Crippen molar-refractivity contribution in [3.8, 4) is 0 Å². The van der Waals surface area contributed by atoms with Crippen LogP contribution in [-0.4, -0.2) is 11.9 Å². The highest BCUT2D eigenvalue weighted by atomic mass is 32.1. The zero-order valence-corrected chi connectivity index (χ0v) is 11.1. The number of hydrogen-bond acceptors (Lipinski definition) is 3. The molecule has 1 aromatic rings. The average Bonchev–Trinajstić information content (AvgIpc) is 2.73. The largest absolute Gasteiger partial charge is 0.351 e. The molecule has 1 aliphatic carbocycles. The molecule has 0 atom stereocenters. The van der Waals surface area contributed by atoms with Crippen molar-refractivity contribution in [2.45, 2.75) is 45.2 Å². The molecule has 1 aromatic heterocycles. The molecule has 0 saturated heterocycles. The standard InChI is InChI=1S/C13H20N2OS/c1-9-2-7-12(17-9)8-15-13(16)10-3-5-11(14)6-4-10/h2,7,10-11H,3-6,8,14H2,1H3,(H,15,16). The second-order valence-electron chi connectivity index (χ2n) is 4.84. The molecule has 3 N–H and O–H groups in total. The van der Waals surface area contributed by atoms with Gasteiger partial charge in [0.25, 0.3) is 0 Å². The number of aryl methyl sites for hydroxylation is 1. The summed E-state index contributed by atoms with van der Waals surface area (Å²) in [5.74, 6) is 0.374.